The minimum absolute atomic E-state index is 0.204. The van der Waals surface area contributed by atoms with Crippen molar-refractivity contribution in [2.75, 3.05) is 27.4 Å². The van der Waals surface area contributed by atoms with E-state index in [-0.39, 0.29) is 6.10 Å². The van der Waals surface area contributed by atoms with E-state index in [0.717, 1.165) is 18.7 Å². The van der Waals surface area contributed by atoms with Crippen LogP contribution in [0.15, 0.2) is 18.2 Å². The van der Waals surface area contributed by atoms with Gasteiger partial charge < -0.3 is 19.6 Å². The quantitative estimate of drug-likeness (QED) is 0.827. The van der Waals surface area contributed by atoms with Crippen molar-refractivity contribution in [3.05, 3.63) is 29.6 Å². The van der Waals surface area contributed by atoms with Gasteiger partial charge in [0.15, 0.2) is 0 Å². The van der Waals surface area contributed by atoms with Gasteiger partial charge in [-0.25, -0.2) is 4.98 Å². The molecule has 1 saturated heterocycles. The smallest absolute Gasteiger partial charge is 0.0893 e. The van der Waals surface area contributed by atoms with Gasteiger partial charge in [0.25, 0.3) is 0 Å². The van der Waals surface area contributed by atoms with Gasteiger partial charge in [-0.05, 0) is 18.6 Å². The van der Waals surface area contributed by atoms with Crippen LogP contribution in [0.1, 0.15) is 17.8 Å². The summed E-state index contributed by atoms with van der Waals surface area (Å²) in [4.78, 5) is 4.24. The predicted molar refractivity (Wildman–Crippen MR) is 69.1 cm³/mol. The van der Waals surface area contributed by atoms with Crippen molar-refractivity contribution in [1.82, 2.24) is 4.98 Å². The molecule has 1 aromatic heterocycles. The monoisotopic (exact) mass is 252 g/mol. The van der Waals surface area contributed by atoms with Crippen molar-refractivity contribution < 1.29 is 14.2 Å². The third-order valence-electron chi connectivity index (χ3n) is 2.33. The summed E-state index contributed by atoms with van der Waals surface area (Å²) in [5.41, 5.74) is 1.53. The van der Waals surface area contributed by atoms with Crippen LogP contribution in [0, 0.1) is 5.41 Å². The van der Waals surface area contributed by atoms with Gasteiger partial charge in [0, 0.05) is 27.0 Å². The molecular formula is C13H20N2O3. The highest BCUT2D eigenvalue weighted by molar-refractivity contribution is 5.73. The second kappa shape index (κ2) is 8.74. The molecule has 1 unspecified atom stereocenters. The summed E-state index contributed by atoms with van der Waals surface area (Å²) in [6, 6.07) is 5.59. The molecule has 0 aliphatic carbocycles. The predicted octanol–water partition coefficient (Wildman–Crippen LogP) is 1.65. The van der Waals surface area contributed by atoms with Crippen LogP contribution in [-0.4, -0.2) is 44.7 Å². The van der Waals surface area contributed by atoms with Gasteiger partial charge in [0.2, 0.25) is 0 Å². The maximum atomic E-state index is 7.09. The van der Waals surface area contributed by atoms with E-state index in [2.05, 4.69) is 9.72 Å². The number of hydrogen-bond acceptors (Lipinski definition) is 5. The topological polar surface area (TPSA) is 64.4 Å². The lowest BCUT2D eigenvalue weighted by atomic mass is 10.3. The number of rotatable bonds is 4. The van der Waals surface area contributed by atoms with Gasteiger partial charge in [-0.2, -0.15) is 0 Å². The zero-order chi connectivity index (χ0) is 13.2. The Balaban J connectivity index is 0.000000492. The Morgan fingerprint density at radius 1 is 1.50 bits per heavy atom. The number of nitrogens with zero attached hydrogens (tertiary/aromatic N) is 1. The van der Waals surface area contributed by atoms with E-state index in [1.807, 2.05) is 12.1 Å². The van der Waals surface area contributed by atoms with Crippen LogP contribution in [0.2, 0.25) is 0 Å². The Bertz CT molecular complexity index is 352. The normalized spacial score (nSPS) is 18.0. The Morgan fingerprint density at radius 2 is 2.28 bits per heavy atom. The Morgan fingerprint density at radius 3 is 2.89 bits per heavy atom. The molecular weight excluding hydrogens is 232 g/mol. The molecule has 0 aromatic carbocycles. The standard InChI is InChI=1S/C11H14N2O2.C2H6O/c12-6-9-2-1-3-10(13-9)7-15-11-4-5-14-8-11;1-3-2/h1-3,6,11-12H,4-5,7-8H2;1-2H3. The number of methoxy groups -OCH3 is 1. The summed E-state index contributed by atoms with van der Waals surface area (Å²) in [5.74, 6) is 0. The van der Waals surface area contributed by atoms with Crippen LogP contribution in [0.5, 0.6) is 0 Å². The van der Waals surface area contributed by atoms with E-state index >= 15 is 0 Å². The first-order chi connectivity index (χ1) is 8.80. The molecule has 1 N–H and O–H groups in total. The fourth-order valence-electron chi connectivity index (χ4n) is 1.51. The zero-order valence-electron chi connectivity index (χ0n) is 10.9. The molecule has 0 bridgehead atoms. The molecule has 1 fully saturated rings. The number of nitrogens with one attached hydrogen (secondary N) is 1. The van der Waals surface area contributed by atoms with Crippen LogP contribution in [0.25, 0.3) is 0 Å². The van der Waals surface area contributed by atoms with Crippen LogP contribution in [0.4, 0.5) is 0 Å². The number of ether oxygens (including phenoxy) is 3. The Hall–Kier alpha value is -1.30. The Kier molecular flexibility index (Phi) is 7.17. The molecule has 18 heavy (non-hydrogen) atoms. The molecule has 100 valence electrons. The van der Waals surface area contributed by atoms with Crippen molar-refractivity contribution in [3.8, 4) is 0 Å². The van der Waals surface area contributed by atoms with E-state index in [9.17, 15) is 0 Å². The van der Waals surface area contributed by atoms with E-state index in [0.29, 0.717) is 18.9 Å². The summed E-state index contributed by atoms with van der Waals surface area (Å²) < 4.78 is 15.1. The number of aromatic nitrogens is 1. The first-order valence-electron chi connectivity index (χ1n) is 5.86. The van der Waals surface area contributed by atoms with Crippen LogP contribution in [-0.2, 0) is 20.8 Å². The average Bonchev–Trinajstić information content (AvgIpc) is 2.91. The highest BCUT2D eigenvalue weighted by atomic mass is 16.5. The van der Waals surface area contributed by atoms with Gasteiger partial charge in [0.05, 0.1) is 30.7 Å². The average molecular weight is 252 g/mol. The summed E-state index contributed by atoms with van der Waals surface area (Å²) in [6.07, 6.45) is 2.40. The molecule has 1 atom stereocenters. The molecule has 0 spiro atoms. The SMILES string of the molecule is COC.N=Cc1cccc(COC2CCOC2)n1. The highest BCUT2D eigenvalue weighted by Crippen LogP contribution is 2.10. The van der Waals surface area contributed by atoms with Crippen LogP contribution >= 0.6 is 0 Å². The fourth-order valence-corrected chi connectivity index (χ4v) is 1.51. The molecule has 1 aliphatic rings. The molecule has 0 radical (unpaired) electrons. The van der Waals surface area contributed by atoms with Gasteiger partial charge in [0.1, 0.15) is 0 Å². The zero-order valence-corrected chi connectivity index (χ0v) is 10.9. The largest absolute Gasteiger partial charge is 0.388 e. The third-order valence-corrected chi connectivity index (χ3v) is 2.33. The van der Waals surface area contributed by atoms with Gasteiger partial charge >= 0.3 is 0 Å². The molecule has 1 aromatic rings. The minimum Gasteiger partial charge on any atom is -0.388 e. The number of hydrogen-bond donors (Lipinski definition) is 1. The van der Waals surface area contributed by atoms with Gasteiger partial charge in [-0.1, -0.05) is 6.07 Å². The second-order valence-electron chi connectivity index (χ2n) is 3.90. The molecule has 1 aliphatic heterocycles. The van der Waals surface area contributed by atoms with E-state index in [4.69, 9.17) is 14.9 Å². The summed E-state index contributed by atoms with van der Waals surface area (Å²) in [5, 5.41) is 7.09. The highest BCUT2D eigenvalue weighted by Gasteiger charge is 2.15. The minimum atomic E-state index is 0.204. The summed E-state index contributed by atoms with van der Waals surface area (Å²) >= 11 is 0. The van der Waals surface area contributed by atoms with Gasteiger partial charge in [-0.15, -0.1) is 0 Å². The molecule has 2 rings (SSSR count). The maximum Gasteiger partial charge on any atom is 0.0893 e. The van der Waals surface area contributed by atoms with Crippen molar-refractivity contribution in [2.45, 2.75) is 19.1 Å². The van der Waals surface area contributed by atoms with Crippen molar-refractivity contribution in [1.29, 1.82) is 5.41 Å². The van der Waals surface area contributed by atoms with Crippen molar-refractivity contribution in [3.63, 3.8) is 0 Å². The Labute approximate surface area is 108 Å². The maximum absolute atomic E-state index is 7.09. The first-order valence-corrected chi connectivity index (χ1v) is 5.86. The number of pyridine rings is 1. The van der Waals surface area contributed by atoms with E-state index in [1.165, 1.54) is 6.21 Å². The van der Waals surface area contributed by atoms with Crippen molar-refractivity contribution in [2.24, 2.45) is 0 Å². The van der Waals surface area contributed by atoms with Crippen LogP contribution in [0.3, 0.4) is 0 Å². The van der Waals surface area contributed by atoms with Gasteiger partial charge in [-0.3, -0.25) is 0 Å². The van der Waals surface area contributed by atoms with Crippen molar-refractivity contribution >= 4 is 6.21 Å². The lowest BCUT2D eigenvalue weighted by molar-refractivity contribution is 0.0301. The molecule has 2 heterocycles. The molecule has 0 saturated carbocycles. The second-order valence-corrected chi connectivity index (χ2v) is 3.90. The summed E-state index contributed by atoms with van der Waals surface area (Å²) in [6.45, 7) is 1.97. The van der Waals surface area contributed by atoms with E-state index < -0.39 is 0 Å². The van der Waals surface area contributed by atoms with Crippen LogP contribution < -0.4 is 0 Å². The fraction of sp³-hybridized carbons (Fsp3) is 0.538. The molecule has 5 nitrogen and oxygen atoms in total. The first kappa shape index (κ1) is 14.8. The van der Waals surface area contributed by atoms with E-state index in [1.54, 1.807) is 20.3 Å². The molecule has 0 amide bonds. The lowest BCUT2D eigenvalue weighted by Crippen LogP contribution is -2.12. The third kappa shape index (κ3) is 5.35. The lowest BCUT2D eigenvalue weighted by Gasteiger charge is -2.09. The molecule has 5 heteroatoms. The summed E-state index contributed by atoms with van der Waals surface area (Å²) in [7, 11) is 3.25.